The molecule has 0 aliphatic heterocycles. The highest BCUT2D eigenvalue weighted by Gasteiger charge is 2.52. The van der Waals surface area contributed by atoms with Crippen LogP contribution in [0.2, 0.25) is 6.04 Å². The van der Waals surface area contributed by atoms with E-state index in [0.717, 1.165) is 0 Å². The molecule has 0 aromatic rings. The summed E-state index contributed by atoms with van der Waals surface area (Å²) in [5.74, 6) is -2.85. The van der Waals surface area contributed by atoms with Crippen molar-refractivity contribution < 1.29 is 27.7 Å². The van der Waals surface area contributed by atoms with Gasteiger partial charge in [-0.05, 0) is 0 Å². The number of hydrogen-bond donors (Lipinski definition) is 0. The number of carbonyl (C=O) groups is 3. The zero-order chi connectivity index (χ0) is 16.8. The highest BCUT2D eigenvalue weighted by Crippen LogP contribution is 2.21. The van der Waals surface area contributed by atoms with E-state index in [1.54, 1.807) is 48.5 Å². The molecule has 0 unspecified atom stereocenters. The molecule has 0 aliphatic rings. The van der Waals surface area contributed by atoms with Crippen molar-refractivity contribution in [2.75, 3.05) is 0 Å². The Bertz CT molecular complexity index is 334. The van der Waals surface area contributed by atoms with Crippen molar-refractivity contribution in [3.8, 4) is 0 Å². The lowest BCUT2D eigenvalue weighted by atomic mass is 10.2. The quantitative estimate of drug-likeness (QED) is 0.671. The first-order valence-corrected chi connectivity index (χ1v) is 9.16. The van der Waals surface area contributed by atoms with Crippen molar-refractivity contribution in [3.63, 3.8) is 0 Å². The Morgan fingerprint density at radius 2 is 0.952 bits per heavy atom. The van der Waals surface area contributed by atoms with Gasteiger partial charge in [0.15, 0.2) is 0 Å². The van der Waals surface area contributed by atoms with Gasteiger partial charge in [-0.25, -0.2) is 0 Å². The first kappa shape index (κ1) is 19.6. The third-order valence-electron chi connectivity index (χ3n) is 2.62. The van der Waals surface area contributed by atoms with Gasteiger partial charge < -0.3 is 13.3 Å². The minimum absolute atomic E-state index is 0.155. The maximum absolute atomic E-state index is 11.8. The summed E-state index contributed by atoms with van der Waals surface area (Å²) >= 11 is 0. The fraction of sp³-hybridized carbons (Fsp3) is 0.786. The topological polar surface area (TPSA) is 78.9 Å². The normalized spacial score (nSPS) is 11.7. The summed E-state index contributed by atoms with van der Waals surface area (Å²) in [6, 6.07) is 0.155. The molecule has 0 N–H and O–H groups in total. The fourth-order valence-electron chi connectivity index (χ4n) is 1.09. The highest BCUT2D eigenvalue weighted by molar-refractivity contribution is 6.65. The summed E-state index contributed by atoms with van der Waals surface area (Å²) in [6.07, 6.45) is 0. The van der Waals surface area contributed by atoms with Gasteiger partial charge in [0, 0.05) is 0 Å². The van der Waals surface area contributed by atoms with Gasteiger partial charge in [-0.15, -0.1) is 0 Å². The average Bonchev–Trinajstić information content (AvgIpc) is 2.37. The first-order chi connectivity index (χ1) is 9.54. The van der Waals surface area contributed by atoms with Crippen LogP contribution >= 0.6 is 0 Å². The van der Waals surface area contributed by atoms with Crippen molar-refractivity contribution in [2.45, 2.75) is 54.5 Å². The second-order valence-electron chi connectivity index (χ2n) is 5.76. The molecule has 0 radical (unpaired) electrons. The summed E-state index contributed by atoms with van der Waals surface area (Å²) in [5, 5.41) is 0. The standard InChI is InChI=1S/C14H26O6Si/c1-8-21(18-12(15)9(2)3,19-13(16)10(4)5)20-14(17)11(6)7/h9-11H,8H2,1-7H3. The van der Waals surface area contributed by atoms with E-state index in [0.29, 0.717) is 0 Å². The van der Waals surface area contributed by atoms with E-state index in [1.165, 1.54) is 0 Å². The summed E-state index contributed by atoms with van der Waals surface area (Å²) in [4.78, 5) is 35.5. The Morgan fingerprint density at radius 3 is 1.10 bits per heavy atom. The van der Waals surface area contributed by atoms with Crippen molar-refractivity contribution in [1.29, 1.82) is 0 Å². The maximum atomic E-state index is 11.8. The lowest BCUT2D eigenvalue weighted by Crippen LogP contribution is -2.51. The van der Waals surface area contributed by atoms with Crippen LogP contribution in [-0.4, -0.2) is 26.7 Å². The van der Waals surface area contributed by atoms with Crippen LogP contribution in [0, 0.1) is 17.8 Å². The Hall–Kier alpha value is -1.37. The average molecular weight is 318 g/mol. The molecule has 0 aromatic carbocycles. The van der Waals surface area contributed by atoms with E-state index >= 15 is 0 Å². The summed E-state index contributed by atoms with van der Waals surface area (Å²) in [5.41, 5.74) is 0. The van der Waals surface area contributed by atoms with Crippen LogP contribution in [0.1, 0.15) is 48.5 Å². The number of rotatable bonds is 7. The summed E-state index contributed by atoms with van der Waals surface area (Å²) in [6.45, 7) is 11.6. The van der Waals surface area contributed by atoms with Crippen LogP contribution < -0.4 is 0 Å². The largest absolute Gasteiger partial charge is 0.704 e. The van der Waals surface area contributed by atoms with Crippen LogP contribution in [0.5, 0.6) is 0 Å². The second-order valence-corrected chi connectivity index (χ2v) is 8.45. The zero-order valence-electron chi connectivity index (χ0n) is 13.9. The fourth-order valence-corrected chi connectivity index (χ4v) is 3.28. The van der Waals surface area contributed by atoms with Crippen molar-refractivity contribution in [1.82, 2.24) is 0 Å². The van der Waals surface area contributed by atoms with Gasteiger partial charge in [0.05, 0.1) is 23.8 Å². The SMILES string of the molecule is CC[Si](OC(=O)C(C)C)(OC(=O)C(C)C)OC(=O)C(C)C. The molecule has 6 nitrogen and oxygen atoms in total. The van der Waals surface area contributed by atoms with E-state index in [1.807, 2.05) is 0 Å². The van der Waals surface area contributed by atoms with Crippen LogP contribution in [0.15, 0.2) is 0 Å². The molecule has 21 heavy (non-hydrogen) atoms. The lowest BCUT2D eigenvalue weighted by Gasteiger charge is -2.28. The molecule has 0 saturated heterocycles. The molecule has 0 aliphatic carbocycles. The Morgan fingerprint density at radius 1 is 0.714 bits per heavy atom. The summed E-state index contributed by atoms with van der Waals surface area (Å²) in [7, 11) is -3.70. The first-order valence-electron chi connectivity index (χ1n) is 7.23. The third kappa shape index (κ3) is 6.28. The van der Waals surface area contributed by atoms with Crippen LogP contribution in [-0.2, 0) is 27.7 Å². The molecular formula is C14H26O6Si. The van der Waals surface area contributed by atoms with Gasteiger partial charge >= 0.3 is 8.80 Å². The molecule has 0 fully saturated rings. The molecule has 0 aromatic heterocycles. The minimum Gasteiger partial charge on any atom is -0.455 e. The molecule has 0 rings (SSSR count). The van der Waals surface area contributed by atoms with E-state index in [9.17, 15) is 14.4 Å². The minimum atomic E-state index is -3.70. The Balaban J connectivity index is 5.32. The number of hydrogen-bond acceptors (Lipinski definition) is 6. The number of carbonyl (C=O) groups excluding carboxylic acids is 3. The maximum Gasteiger partial charge on any atom is 0.704 e. The van der Waals surface area contributed by atoms with Gasteiger partial charge in [0.1, 0.15) is 0 Å². The van der Waals surface area contributed by atoms with Gasteiger partial charge in [-0.1, -0.05) is 48.5 Å². The van der Waals surface area contributed by atoms with Crippen LogP contribution in [0.4, 0.5) is 0 Å². The molecule has 7 heteroatoms. The van der Waals surface area contributed by atoms with E-state index < -0.39 is 44.5 Å². The van der Waals surface area contributed by atoms with Gasteiger partial charge in [0.25, 0.3) is 17.9 Å². The molecule has 0 atom stereocenters. The highest BCUT2D eigenvalue weighted by atomic mass is 28.4. The Labute approximate surface area is 127 Å². The van der Waals surface area contributed by atoms with Crippen LogP contribution in [0.25, 0.3) is 0 Å². The molecule has 122 valence electrons. The van der Waals surface area contributed by atoms with E-state index in [-0.39, 0.29) is 6.04 Å². The van der Waals surface area contributed by atoms with Crippen LogP contribution in [0.3, 0.4) is 0 Å². The molecular weight excluding hydrogens is 292 g/mol. The monoisotopic (exact) mass is 318 g/mol. The van der Waals surface area contributed by atoms with Crippen molar-refractivity contribution in [3.05, 3.63) is 0 Å². The zero-order valence-corrected chi connectivity index (χ0v) is 14.9. The molecule has 0 spiro atoms. The van der Waals surface area contributed by atoms with Gasteiger partial charge in [-0.3, -0.25) is 14.4 Å². The molecule has 0 saturated carbocycles. The lowest BCUT2D eigenvalue weighted by molar-refractivity contribution is -0.154. The molecule has 0 heterocycles. The van der Waals surface area contributed by atoms with Crippen molar-refractivity contribution in [2.24, 2.45) is 17.8 Å². The van der Waals surface area contributed by atoms with Gasteiger partial charge in [0.2, 0.25) is 0 Å². The predicted molar refractivity (Wildman–Crippen MR) is 79.0 cm³/mol. The van der Waals surface area contributed by atoms with E-state index in [2.05, 4.69) is 0 Å². The summed E-state index contributed by atoms with van der Waals surface area (Å²) < 4.78 is 15.9. The Kier molecular flexibility index (Phi) is 7.63. The predicted octanol–water partition coefficient (Wildman–Crippen LogP) is 2.54. The van der Waals surface area contributed by atoms with Gasteiger partial charge in [-0.2, -0.15) is 0 Å². The molecule has 0 amide bonds. The van der Waals surface area contributed by atoms with E-state index in [4.69, 9.17) is 13.3 Å². The van der Waals surface area contributed by atoms with Crippen molar-refractivity contribution >= 4 is 26.7 Å². The third-order valence-corrected chi connectivity index (χ3v) is 5.02. The second kappa shape index (κ2) is 8.16. The smallest absolute Gasteiger partial charge is 0.455 e. The molecule has 0 bridgehead atoms.